The van der Waals surface area contributed by atoms with Crippen LogP contribution in [0.3, 0.4) is 0 Å². The Hall–Kier alpha value is -1.71. The average Bonchev–Trinajstić information content (AvgIpc) is 2.26. The minimum Gasteiger partial charge on any atom is -0.383 e. The number of nitrogens with two attached hydrogens (primary N) is 1. The van der Waals surface area contributed by atoms with Gasteiger partial charge in [-0.1, -0.05) is 13.0 Å². The van der Waals surface area contributed by atoms with E-state index in [-0.39, 0.29) is 0 Å². The summed E-state index contributed by atoms with van der Waals surface area (Å²) in [5.74, 6) is 0.493. The first-order valence-corrected chi connectivity index (χ1v) is 4.50. The molecule has 0 fully saturated rings. The molecule has 4 nitrogen and oxygen atoms in total. The van der Waals surface area contributed by atoms with E-state index < -0.39 is 0 Å². The van der Waals surface area contributed by atoms with Crippen molar-refractivity contribution in [2.24, 2.45) is 10.7 Å². The highest BCUT2D eigenvalue weighted by Gasteiger charge is 2.05. The van der Waals surface area contributed by atoms with Crippen LogP contribution in [0, 0.1) is 0 Å². The molecule has 0 aliphatic carbocycles. The second-order valence-electron chi connectivity index (χ2n) is 2.74. The first-order valence-electron chi connectivity index (χ1n) is 4.50. The first kappa shape index (κ1) is 10.4. The lowest BCUT2D eigenvalue weighted by molar-refractivity contribution is 1.01. The molecule has 0 saturated heterocycles. The first-order chi connectivity index (χ1) is 6.79. The van der Waals surface area contributed by atoms with E-state index in [0.717, 1.165) is 17.7 Å². The van der Waals surface area contributed by atoms with Gasteiger partial charge in [0.15, 0.2) is 0 Å². The zero-order valence-electron chi connectivity index (χ0n) is 8.44. The molecule has 0 aliphatic rings. The van der Waals surface area contributed by atoms with E-state index in [1.54, 1.807) is 13.2 Å². The van der Waals surface area contributed by atoms with Crippen molar-refractivity contribution in [3.8, 4) is 0 Å². The molecule has 0 unspecified atom stereocenters. The summed E-state index contributed by atoms with van der Waals surface area (Å²) >= 11 is 0. The Kier molecular flexibility index (Phi) is 3.79. The Morgan fingerprint density at radius 2 is 2.43 bits per heavy atom. The smallest absolute Gasteiger partial charge is 0.127 e. The van der Waals surface area contributed by atoms with Gasteiger partial charge in [0, 0.05) is 18.8 Å². The Bertz CT molecular complexity index is 340. The number of aliphatic imine (C=N–C) groups is 1. The molecule has 0 saturated carbocycles. The number of nitrogens with zero attached hydrogens (tertiary/aromatic N) is 3. The van der Waals surface area contributed by atoms with Crippen LogP contribution in [0.1, 0.15) is 19.0 Å². The van der Waals surface area contributed by atoms with Crippen LogP contribution in [-0.4, -0.2) is 23.1 Å². The highest BCUT2D eigenvalue weighted by Crippen LogP contribution is 2.11. The van der Waals surface area contributed by atoms with Crippen LogP contribution in [0.2, 0.25) is 0 Å². The normalized spacial score (nSPS) is 13.0. The van der Waals surface area contributed by atoms with Gasteiger partial charge < -0.3 is 5.73 Å². The molecule has 1 aromatic rings. The maximum Gasteiger partial charge on any atom is 0.127 e. The Morgan fingerprint density at radius 3 is 2.93 bits per heavy atom. The number of hydrogen-bond donors (Lipinski definition) is 1. The lowest BCUT2D eigenvalue weighted by Gasteiger charge is -2.04. The second-order valence-corrected chi connectivity index (χ2v) is 2.74. The van der Waals surface area contributed by atoms with Gasteiger partial charge in [-0.15, -0.1) is 0 Å². The van der Waals surface area contributed by atoms with Crippen LogP contribution in [0.15, 0.2) is 29.4 Å². The van der Waals surface area contributed by atoms with E-state index in [4.69, 9.17) is 5.73 Å². The maximum absolute atomic E-state index is 5.75. The lowest BCUT2D eigenvalue weighted by atomic mass is 10.1. The van der Waals surface area contributed by atoms with E-state index in [9.17, 15) is 0 Å². The van der Waals surface area contributed by atoms with Gasteiger partial charge in [0.05, 0.1) is 5.69 Å². The fourth-order valence-electron chi connectivity index (χ4n) is 1.11. The Balaban J connectivity index is 3.08. The molecule has 1 heterocycles. The highest BCUT2D eigenvalue weighted by molar-refractivity contribution is 6.21. The van der Waals surface area contributed by atoms with Crippen molar-refractivity contribution in [2.75, 3.05) is 7.05 Å². The minimum atomic E-state index is 0.493. The van der Waals surface area contributed by atoms with Crippen LogP contribution >= 0.6 is 0 Å². The van der Waals surface area contributed by atoms with Crippen molar-refractivity contribution in [1.29, 1.82) is 0 Å². The van der Waals surface area contributed by atoms with Gasteiger partial charge >= 0.3 is 0 Å². The minimum absolute atomic E-state index is 0.493. The molecule has 0 radical (unpaired) electrons. The lowest BCUT2D eigenvalue weighted by Crippen LogP contribution is -2.14. The van der Waals surface area contributed by atoms with Gasteiger partial charge in [0.25, 0.3) is 0 Å². The number of amidine groups is 1. The van der Waals surface area contributed by atoms with E-state index in [1.807, 2.05) is 25.1 Å². The van der Waals surface area contributed by atoms with Crippen LogP contribution in [0.5, 0.6) is 0 Å². The standard InChI is InChI=1S/C10H14N4/c1-3-5-8(10(11)12-2)9-6-4-7-13-14-9/h4-7H,3H2,1-2H3,(H2,11,12)/b8-5-. The summed E-state index contributed by atoms with van der Waals surface area (Å²) in [5.41, 5.74) is 7.36. The molecular formula is C10H14N4. The van der Waals surface area contributed by atoms with Crippen molar-refractivity contribution in [1.82, 2.24) is 10.2 Å². The highest BCUT2D eigenvalue weighted by atomic mass is 15.1. The molecule has 0 aliphatic heterocycles. The summed E-state index contributed by atoms with van der Waals surface area (Å²) in [6.45, 7) is 2.04. The van der Waals surface area contributed by atoms with Crippen LogP contribution < -0.4 is 5.73 Å². The van der Waals surface area contributed by atoms with Gasteiger partial charge in [0.1, 0.15) is 5.84 Å². The summed E-state index contributed by atoms with van der Waals surface area (Å²) in [6.07, 6.45) is 4.51. The van der Waals surface area contributed by atoms with Crippen molar-refractivity contribution in [2.45, 2.75) is 13.3 Å². The fraction of sp³-hybridized carbons (Fsp3) is 0.300. The van der Waals surface area contributed by atoms with Gasteiger partial charge in [-0.3, -0.25) is 4.99 Å². The SMILES string of the molecule is CC/C=C(\C(N)=NC)c1cccnn1. The number of allylic oxidation sites excluding steroid dienone is 1. The largest absolute Gasteiger partial charge is 0.383 e. The zero-order chi connectivity index (χ0) is 10.4. The summed E-state index contributed by atoms with van der Waals surface area (Å²) in [4.78, 5) is 3.94. The summed E-state index contributed by atoms with van der Waals surface area (Å²) < 4.78 is 0. The summed E-state index contributed by atoms with van der Waals surface area (Å²) in [6, 6.07) is 3.70. The molecule has 4 heteroatoms. The molecule has 2 N–H and O–H groups in total. The van der Waals surface area contributed by atoms with Gasteiger partial charge in [-0.25, -0.2) is 0 Å². The molecule has 14 heavy (non-hydrogen) atoms. The van der Waals surface area contributed by atoms with Gasteiger partial charge in [-0.05, 0) is 18.6 Å². The summed E-state index contributed by atoms with van der Waals surface area (Å²) in [7, 11) is 1.66. The third kappa shape index (κ3) is 2.39. The predicted octanol–water partition coefficient (Wildman–Crippen LogP) is 1.26. The molecular weight excluding hydrogens is 176 g/mol. The van der Waals surface area contributed by atoms with Crippen molar-refractivity contribution in [3.05, 3.63) is 30.1 Å². The van der Waals surface area contributed by atoms with Crippen molar-refractivity contribution in [3.63, 3.8) is 0 Å². The molecule has 74 valence electrons. The monoisotopic (exact) mass is 190 g/mol. The third-order valence-electron chi connectivity index (χ3n) is 1.77. The number of rotatable bonds is 3. The van der Waals surface area contributed by atoms with Gasteiger partial charge in [-0.2, -0.15) is 10.2 Å². The second kappa shape index (κ2) is 5.11. The molecule has 1 rings (SSSR count). The number of hydrogen-bond acceptors (Lipinski definition) is 3. The van der Waals surface area contributed by atoms with Crippen LogP contribution in [0.4, 0.5) is 0 Å². The van der Waals surface area contributed by atoms with E-state index in [0.29, 0.717) is 5.84 Å². The molecule has 0 amide bonds. The van der Waals surface area contributed by atoms with Crippen molar-refractivity contribution >= 4 is 11.4 Å². The average molecular weight is 190 g/mol. The zero-order valence-corrected chi connectivity index (χ0v) is 8.44. The van der Waals surface area contributed by atoms with E-state index in [1.165, 1.54) is 0 Å². The molecule has 0 atom stereocenters. The molecule has 0 spiro atoms. The maximum atomic E-state index is 5.75. The fourth-order valence-corrected chi connectivity index (χ4v) is 1.11. The van der Waals surface area contributed by atoms with E-state index >= 15 is 0 Å². The predicted molar refractivity (Wildman–Crippen MR) is 57.8 cm³/mol. The molecule has 0 bridgehead atoms. The summed E-state index contributed by atoms with van der Waals surface area (Å²) in [5, 5.41) is 7.79. The topological polar surface area (TPSA) is 64.2 Å². The molecule has 1 aromatic heterocycles. The quantitative estimate of drug-likeness (QED) is 0.576. The Morgan fingerprint density at radius 1 is 1.64 bits per heavy atom. The van der Waals surface area contributed by atoms with Gasteiger partial charge in [0.2, 0.25) is 0 Å². The third-order valence-corrected chi connectivity index (χ3v) is 1.77. The van der Waals surface area contributed by atoms with Crippen LogP contribution in [-0.2, 0) is 0 Å². The van der Waals surface area contributed by atoms with Crippen LogP contribution in [0.25, 0.3) is 5.57 Å². The van der Waals surface area contributed by atoms with E-state index in [2.05, 4.69) is 15.2 Å². The molecule has 0 aromatic carbocycles. The Labute approximate surface area is 83.6 Å². The number of aromatic nitrogens is 2. The van der Waals surface area contributed by atoms with Crippen molar-refractivity contribution < 1.29 is 0 Å².